The molecule has 254 valence electrons. The van der Waals surface area contributed by atoms with Crippen LogP contribution in [0.15, 0.2) is 78.2 Å². The van der Waals surface area contributed by atoms with Crippen LogP contribution in [0.2, 0.25) is 0 Å². The highest BCUT2D eigenvalue weighted by Gasteiger charge is 2.42. The summed E-state index contributed by atoms with van der Waals surface area (Å²) in [5.41, 5.74) is 0.805. The van der Waals surface area contributed by atoms with Gasteiger partial charge in [0.2, 0.25) is 5.91 Å². The van der Waals surface area contributed by atoms with Crippen molar-refractivity contribution in [2.24, 2.45) is 13.0 Å². The monoisotopic (exact) mass is 684 g/mol. The Balaban J connectivity index is 1.06. The normalized spacial score (nSPS) is 19.3. The van der Waals surface area contributed by atoms with E-state index in [1.54, 1.807) is 45.1 Å². The Bertz CT molecular complexity index is 2070. The molecule has 13 heteroatoms. The molecule has 5 aromatic rings. The number of benzene rings is 1. The third kappa shape index (κ3) is 6.24. The fourth-order valence-electron chi connectivity index (χ4n) is 7.15. The molecule has 0 unspecified atom stereocenters. The average molecular weight is 685 g/mol. The molecule has 2 atom stereocenters. The van der Waals surface area contributed by atoms with Crippen molar-refractivity contribution < 1.29 is 23.8 Å². The second-order valence-electron chi connectivity index (χ2n) is 12.9. The number of amides is 2. The standard InChI is InChI=1S/C36H37FN6O5S/c1-40-14-9-26-32(40)39-22-43(34(26)45)21-36(47)11-16-41(17-12-36)33(44)24-10-15-42(20-27(24)23-6-4-3-5-7-23)35(46)31-28(37)18-30(49-31)25-8-13-38-19-29(25)48-2/h3-9,13-14,18-19,22,24,27,47H,10-12,15-17,20-21H2,1-2H3/t24-,27+/m1/s1. The van der Waals surface area contributed by atoms with Crippen LogP contribution in [0, 0.1) is 11.7 Å². The van der Waals surface area contributed by atoms with E-state index in [0.29, 0.717) is 66.1 Å². The molecule has 1 N–H and O–H groups in total. The number of aryl methyl sites for hydroxylation is 1. The van der Waals surface area contributed by atoms with Crippen LogP contribution < -0.4 is 10.3 Å². The van der Waals surface area contributed by atoms with Crippen molar-refractivity contribution in [3.05, 3.63) is 100 Å². The molecule has 2 aliphatic heterocycles. The van der Waals surface area contributed by atoms with E-state index in [0.717, 1.165) is 16.9 Å². The maximum Gasteiger partial charge on any atom is 0.266 e. The van der Waals surface area contributed by atoms with Gasteiger partial charge in [-0.1, -0.05) is 30.3 Å². The minimum Gasteiger partial charge on any atom is -0.494 e. The Morgan fingerprint density at radius 1 is 1.10 bits per heavy atom. The lowest BCUT2D eigenvalue weighted by Gasteiger charge is -2.43. The van der Waals surface area contributed by atoms with Crippen LogP contribution in [-0.4, -0.2) is 84.7 Å². The number of carbonyl (C=O) groups excluding carboxylic acids is 2. The summed E-state index contributed by atoms with van der Waals surface area (Å²) in [7, 11) is 3.34. The largest absolute Gasteiger partial charge is 0.494 e. The number of carbonyl (C=O) groups is 2. The summed E-state index contributed by atoms with van der Waals surface area (Å²) in [6.45, 7) is 1.34. The quantitative estimate of drug-likeness (QED) is 0.271. The summed E-state index contributed by atoms with van der Waals surface area (Å²) in [6.07, 6.45) is 7.44. The Kier molecular flexibility index (Phi) is 8.80. The number of hydrogen-bond acceptors (Lipinski definition) is 8. The number of likely N-dealkylation sites (tertiary alicyclic amines) is 2. The molecule has 0 bridgehead atoms. The van der Waals surface area contributed by atoms with Crippen LogP contribution >= 0.6 is 11.3 Å². The van der Waals surface area contributed by atoms with Gasteiger partial charge in [0.15, 0.2) is 0 Å². The number of pyridine rings is 1. The lowest BCUT2D eigenvalue weighted by molar-refractivity contribution is -0.142. The van der Waals surface area contributed by atoms with Gasteiger partial charge < -0.3 is 24.2 Å². The number of aromatic nitrogens is 4. The van der Waals surface area contributed by atoms with E-state index < -0.39 is 23.2 Å². The van der Waals surface area contributed by atoms with Crippen molar-refractivity contribution in [3.8, 4) is 16.2 Å². The number of rotatable bonds is 7. The molecule has 0 radical (unpaired) electrons. The van der Waals surface area contributed by atoms with Gasteiger partial charge in [-0.2, -0.15) is 0 Å². The van der Waals surface area contributed by atoms with Crippen LogP contribution in [0.5, 0.6) is 5.75 Å². The van der Waals surface area contributed by atoms with Crippen LogP contribution in [0.4, 0.5) is 4.39 Å². The molecule has 2 saturated heterocycles. The first-order chi connectivity index (χ1) is 23.7. The second-order valence-corrected chi connectivity index (χ2v) is 14.0. The number of fused-ring (bicyclic) bond motifs is 1. The number of methoxy groups -OCH3 is 1. The zero-order valence-corrected chi connectivity index (χ0v) is 28.1. The number of thiophene rings is 1. The van der Waals surface area contributed by atoms with Crippen LogP contribution in [0.1, 0.15) is 40.4 Å². The first kappa shape index (κ1) is 32.7. The molecule has 11 nitrogen and oxygen atoms in total. The van der Waals surface area contributed by atoms with Gasteiger partial charge in [-0.15, -0.1) is 11.3 Å². The highest BCUT2D eigenvalue weighted by Crippen LogP contribution is 2.39. The van der Waals surface area contributed by atoms with Crippen molar-refractivity contribution in [2.75, 3.05) is 33.3 Å². The lowest BCUT2D eigenvalue weighted by Crippen LogP contribution is -2.53. The van der Waals surface area contributed by atoms with Crippen LogP contribution in [-0.2, 0) is 18.4 Å². The van der Waals surface area contributed by atoms with E-state index in [2.05, 4.69) is 9.97 Å². The third-order valence-electron chi connectivity index (χ3n) is 9.92. The fraction of sp³-hybridized carbons (Fsp3) is 0.361. The minimum atomic E-state index is -1.16. The first-order valence-electron chi connectivity index (χ1n) is 16.3. The van der Waals surface area contributed by atoms with Crippen LogP contribution in [0.25, 0.3) is 21.5 Å². The highest BCUT2D eigenvalue weighted by molar-refractivity contribution is 7.17. The van der Waals surface area contributed by atoms with Crippen molar-refractivity contribution in [1.29, 1.82) is 0 Å². The lowest BCUT2D eigenvalue weighted by atomic mass is 9.79. The molecular weight excluding hydrogens is 647 g/mol. The van der Waals surface area contributed by atoms with Gasteiger partial charge in [0, 0.05) is 67.9 Å². The van der Waals surface area contributed by atoms with Gasteiger partial charge in [0.05, 0.1) is 30.8 Å². The summed E-state index contributed by atoms with van der Waals surface area (Å²) in [5.74, 6) is -1.23. The van der Waals surface area contributed by atoms with Crippen molar-refractivity contribution in [3.63, 3.8) is 0 Å². The predicted molar refractivity (Wildman–Crippen MR) is 183 cm³/mol. The molecule has 0 spiro atoms. The smallest absolute Gasteiger partial charge is 0.266 e. The molecule has 1 aromatic carbocycles. The van der Waals surface area contributed by atoms with Gasteiger partial charge in [-0.3, -0.25) is 23.9 Å². The molecule has 7 rings (SSSR count). The molecular formula is C36H37FN6O5S. The summed E-state index contributed by atoms with van der Waals surface area (Å²) >= 11 is 1.07. The Hall–Kier alpha value is -4.88. The summed E-state index contributed by atoms with van der Waals surface area (Å²) < 4.78 is 23.9. The number of halogens is 1. The summed E-state index contributed by atoms with van der Waals surface area (Å²) in [5, 5.41) is 12.0. The molecule has 0 saturated carbocycles. The molecule has 4 aromatic heterocycles. The Morgan fingerprint density at radius 2 is 1.88 bits per heavy atom. The van der Waals surface area contributed by atoms with Crippen LogP contribution in [0.3, 0.4) is 0 Å². The van der Waals surface area contributed by atoms with Crippen molar-refractivity contribution >= 4 is 34.2 Å². The average Bonchev–Trinajstić information content (AvgIpc) is 3.71. The number of hydrogen-bond donors (Lipinski definition) is 1. The van der Waals surface area contributed by atoms with Gasteiger partial charge >= 0.3 is 0 Å². The summed E-state index contributed by atoms with van der Waals surface area (Å²) in [6, 6.07) is 14.5. The number of piperidine rings is 2. The van der Waals surface area contributed by atoms with Gasteiger partial charge in [0.1, 0.15) is 28.4 Å². The van der Waals surface area contributed by atoms with E-state index >= 15 is 4.39 Å². The maximum absolute atomic E-state index is 15.3. The Labute approximate surface area is 286 Å². The van der Waals surface area contributed by atoms with Gasteiger partial charge in [0.25, 0.3) is 11.5 Å². The van der Waals surface area contributed by atoms with Crippen molar-refractivity contribution in [2.45, 2.75) is 37.3 Å². The third-order valence-corrected chi connectivity index (χ3v) is 11.0. The maximum atomic E-state index is 15.3. The molecule has 2 amide bonds. The van der Waals surface area contributed by atoms with E-state index in [1.807, 2.05) is 37.4 Å². The molecule has 2 aliphatic rings. The fourth-order valence-corrected chi connectivity index (χ4v) is 8.19. The second kappa shape index (κ2) is 13.2. The van der Waals surface area contributed by atoms with E-state index in [-0.39, 0.29) is 35.4 Å². The molecule has 2 fully saturated rings. The number of aliphatic hydroxyl groups is 1. The molecule has 49 heavy (non-hydrogen) atoms. The van der Waals surface area contributed by atoms with Crippen molar-refractivity contribution in [1.82, 2.24) is 28.9 Å². The van der Waals surface area contributed by atoms with E-state index in [4.69, 9.17) is 4.74 Å². The zero-order valence-electron chi connectivity index (χ0n) is 27.3. The predicted octanol–water partition coefficient (Wildman–Crippen LogP) is 4.31. The minimum absolute atomic E-state index is 0.0153. The number of ether oxygens (including phenoxy) is 1. The summed E-state index contributed by atoms with van der Waals surface area (Å²) in [4.78, 5) is 53.5. The first-order valence-corrected chi connectivity index (χ1v) is 17.1. The Morgan fingerprint density at radius 3 is 2.63 bits per heavy atom. The van der Waals surface area contributed by atoms with Gasteiger partial charge in [-0.05, 0) is 43.0 Å². The molecule has 6 heterocycles. The van der Waals surface area contributed by atoms with E-state index in [9.17, 15) is 19.5 Å². The highest BCUT2D eigenvalue weighted by atomic mass is 32.1. The SMILES string of the molecule is COc1cnccc1-c1cc(F)c(C(=O)N2CC[C@@H](C(=O)N3CCC(O)(Cn4cnc5c(ccn5C)c4=O)CC3)[C@H](c3ccccc3)C2)s1. The van der Waals surface area contributed by atoms with E-state index in [1.165, 1.54) is 24.1 Å². The zero-order chi connectivity index (χ0) is 34.3. The van der Waals surface area contributed by atoms with Gasteiger partial charge in [-0.25, -0.2) is 9.37 Å². The number of nitrogens with zero attached hydrogens (tertiary/aromatic N) is 6. The topological polar surface area (TPSA) is 123 Å². The molecule has 0 aliphatic carbocycles.